The number of nitrogens with zero attached hydrogens (tertiary/aromatic N) is 1. The Labute approximate surface area is 149 Å². The molecule has 0 saturated heterocycles. The van der Waals surface area contributed by atoms with Crippen LogP contribution in [0, 0.1) is 0 Å². The number of alkyl carbamates (subject to hydrolysis) is 1. The fourth-order valence-corrected chi connectivity index (χ4v) is 2.51. The third-order valence-corrected chi connectivity index (χ3v) is 4.07. The molecule has 2 aromatic rings. The van der Waals surface area contributed by atoms with Crippen molar-refractivity contribution in [1.29, 1.82) is 0 Å². The van der Waals surface area contributed by atoms with E-state index in [0.29, 0.717) is 6.54 Å². The van der Waals surface area contributed by atoms with Crippen molar-refractivity contribution in [3.63, 3.8) is 0 Å². The van der Waals surface area contributed by atoms with E-state index in [9.17, 15) is 4.79 Å². The van der Waals surface area contributed by atoms with Crippen LogP contribution in [0.1, 0.15) is 36.1 Å². The summed E-state index contributed by atoms with van der Waals surface area (Å²) in [4.78, 5) is 15.8. The van der Waals surface area contributed by atoms with E-state index in [4.69, 9.17) is 9.73 Å². The van der Waals surface area contributed by atoms with Crippen LogP contribution in [0.3, 0.4) is 0 Å². The largest absolute Gasteiger partial charge is 0.448 e. The molecule has 0 fully saturated rings. The maximum absolute atomic E-state index is 11.2. The summed E-state index contributed by atoms with van der Waals surface area (Å²) in [5, 5.41) is 2.43. The molecule has 0 spiro atoms. The second kappa shape index (κ2) is 9.62. The Morgan fingerprint density at radius 2 is 1.40 bits per heavy atom. The van der Waals surface area contributed by atoms with Crippen LogP contribution in [-0.4, -0.2) is 32.0 Å². The first-order valence-corrected chi connectivity index (χ1v) is 8.75. The van der Waals surface area contributed by atoms with Gasteiger partial charge in [-0.3, -0.25) is 4.99 Å². The van der Waals surface area contributed by atoms with Crippen LogP contribution in [-0.2, 0) is 17.6 Å². The summed E-state index contributed by atoms with van der Waals surface area (Å²) < 4.78 is 5.03. The molecule has 0 heterocycles. The molecule has 4 heteroatoms. The van der Waals surface area contributed by atoms with E-state index in [2.05, 4.69) is 67.7 Å². The van der Waals surface area contributed by atoms with E-state index >= 15 is 0 Å². The summed E-state index contributed by atoms with van der Waals surface area (Å²) in [5.74, 6) is 0. The Balaban J connectivity index is 2.24. The fourth-order valence-electron chi connectivity index (χ4n) is 2.51. The Morgan fingerprint density at radius 3 is 1.80 bits per heavy atom. The highest BCUT2D eigenvalue weighted by atomic mass is 16.5. The van der Waals surface area contributed by atoms with Gasteiger partial charge < -0.3 is 10.1 Å². The van der Waals surface area contributed by atoms with E-state index < -0.39 is 6.09 Å². The van der Waals surface area contributed by atoms with Crippen molar-refractivity contribution in [2.75, 3.05) is 20.2 Å². The number of amides is 1. The number of aryl methyl sites for hydroxylation is 2. The molecule has 2 rings (SSSR count). The molecule has 0 aromatic heterocycles. The van der Waals surface area contributed by atoms with Crippen LogP contribution in [0.2, 0.25) is 0 Å². The maximum atomic E-state index is 11.2. The average molecular weight is 338 g/mol. The number of benzene rings is 2. The van der Waals surface area contributed by atoms with Crippen molar-refractivity contribution in [1.82, 2.24) is 5.32 Å². The van der Waals surface area contributed by atoms with E-state index in [1.54, 1.807) is 7.05 Å². The third kappa shape index (κ3) is 5.45. The molecule has 4 nitrogen and oxygen atoms in total. The Kier molecular flexibility index (Phi) is 7.20. The Bertz CT molecular complexity index is 654. The second-order valence-electron chi connectivity index (χ2n) is 5.72. The number of rotatable bonds is 7. The molecule has 25 heavy (non-hydrogen) atoms. The Morgan fingerprint density at radius 1 is 0.920 bits per heavy atom. The third-order valence-electron chi connectivity index (χ3n) is 4.07. The second-order valence-corrected chi connectivity index (χ2v) is 5.72. The lowest BCUT2D eigenvalue weighted by atomic mass is 9.99. The van der Waals surface area contributed by atoms with Crippen molar-refractivity contribution in [2.45, 2.75) is 26.7 Å². The van der Waals surface area contributed by atoms with E-state index in [0.717, 1.165) is 29.7 Å². The van der Waals surface area contributed by atoms with Gasteiger partial charge in [0.25, 0.3) is 0 Å². The number of aliphatic imine (C=N–C) groups is 1. The first-order valence-electron chi connectivity index (χ1n) is 8.75. The number of nitrogens with one attached hydrogen (secondary N) is 1. The van der Waals surface area contributed by atoms with Gasteiger partial charge in [0.1, 0.15) is 6.61 Å². The minimum atomic E-state index is -0.434. The zero-order chi connectivity index (χ0) is 18.1. The fraction of sp³-hybridized carbons (Fsp3) is 0.333. The summed E-state index contributed by atoms with van der Waals surface area (Å²) in [5.41, 5.74) is 5.66. The van der Waals surface area contributed by atoms with E-state index in [-0.39, 0.29) is 6.61 Å². The van der Waals surface area contributed by atoms with Gasteiger partial charge in [0, 0.05) is 18.2 Å². The maximum Gasteiger partial charge on any atom is 0.406 e. The van der Waals surface area contributed by atoms with E-state index in [1.807, 2.05) is 0 Å². The highest BCUT2D eigenvalue weighted by Gasteiger charge is 2.07. The summed E-state index contributed by atoms with van der Waals surface area (Å²) in [6.45, 7) is 4.96. The lowest BCUT2D eigenvalue weighted by Crippen LogP contribution is -2.20. The van der Waals surface area contributed by atoms with Crippen LogP contribution < -0.4 is 5.32 Å². The predicted molar refractivity (Wildman–Crippen MR) is 103 cm³/mol. The minimum absolute atomic E-state index is 0.253. The number of carbonyl (C=O) groups is 1. The van der Waals surface area contributed by atoms with Crippen molar-refractivity contribution in [3.8, 4) is 0 Å². The molecule has 0 saturated carbocycles. The zero-order valence-corrected chi connectivity index (χ0v) is 15.2. The number of ether oxygens (including phenoxy) is 1. The molecule has 0 aliphatic heterocycles. The molecular weight excluding hydrogens is 312 g/mol. The van der Waals surface area contributed by atoms with Crippen LogP contribution in [0.25, 0.3) is 0 Å². The number of hydrogen-bond donors (Lipinski definition) is 1. The smallest absolute Gasteiger partial charge is 0.406 e. The van der Waals surface area contributed by atoms with Crippen molar-refractivity contribution >= 4 is 11.8 Å². The van der Waals surface area contributed by atoms with Gasteiger partial charge in [-0.2, -0.15) is 0 Å². The quantitative estimate of drug-likeness (QED) is 0.613. The van der Waals surface area contributed by atoms with Gasteiger partial charge >= 0.3 is 6.09 Å². The molecule has 2 aromatic carbocycles. The summed E-state index contributed by atoms with van der Waals surface area (Å²) in [6, 6.07) is 16.9. The molecule has 1 N–H and O–H groups in total. The molecule has 0 aliphatic carbocycles. The van der Waals surface area contributed by atoms with Gasteiger partial charge in [0.2, 0.25) is 0 Å². The van der Waals surface area contributed by atoms with Gasteiger partial charge in [-0.25, -0.2) is 4.79 Å². The standard InChI is InChI=1S/C21H26N2O2/c1-4-16-6-10-18(11-7-16)20(23-14-15-25-21(24)22-3)19-12-8-17(5-2)9-13-19/h6-13H,4-5,14-15H2,1-3H3,(H,22,24). The van der Waals surface area contributed by atoms with Crippen molar-refractivity contribution in [2.24, 2.45) is 4.99 Å². The number of hydrogen-bond acceptors (Lipinski definition) is 3. The van der Waals surface area contributed by atoms with Gasteiger partial charge in [0.15, 0.2) is 0 Å². The minimum Gasteiger partial charge on any atom is -0.448 e. The molecule has 1 amide bonds. The van der Waals surface area contributed by atoms with E-state index in [1.165, 1.54) is 11.1 Å². The first-order chi connectivity index (χ1) is 12.2. The van der Waals surface area contributed by atoms with Gasteiger partial charge in [-0.1, -0.05) is 62.4 Å². The summed E-state index contributed by atoms with van der Waals surface area (Å²) in [6.07, 6.45) is 1.59. The highest BCUT2D eigenvalue weighted by Crippen LogP contribution is 2.14. The van der Waals surface area contributed by atoms with Crippen LogP contribution in [0.4, 0.5) is 4.79 Å². The monoisotopic (exact) mass is 338 g/mol. The zero-order valence-electron chi connectivity index (χ0n) is 15.2. The van der Waals surface area contributed by atoms with Crippen molar-refractivity contribution in [3.05, 3.63) is 70.8 Å². The van der Waals surface area contributed by atoms with Crippen LogP contribution >= 0.6 is 0 Å². The molecule has 0 aliphatic rings. The highest BCUT2D eigenvalue weighted by molar-refractivity contribution is 6.12. The van der Waals surface area contributed by atoms with Crippen LogP contribution in [0.5, 0.6) is 0 Å². The summed E-state index contributed by atoms with van der Waals surface area (Å²) >= 11 is 0. The van der Waals surface area contributed by atoms with Crippen LogP contribution in [0.15, 0.2) is 53.5 Å². The van der Waals surface area contributed by atoms with Gasteiger partial charge in [-0.05, 0) is 24.0 Å². The lowest BCUT2D eigenvalue weighted by molar-refractivity contribution is 0.152. The molecular formula is C21H26N2O2. The lowest BCUT2D eigenvalue weighted by Gasteiger charge is -2.10. The van der Waals surface area contributed by atoms with Gasteiger partial charge in [-0.15, -0.1) is 0 Å². The van der Waals surface area contributed by atoms with Crippen molar-refractivity contribution < 1.29 is 9.53 Å². The number of carbonyl (C=O) groups excluding carboxylic acids is 1. The predicted octanol–water partition coefficient (Wildman–Crippen LogP) is 4.00. The Hall–Kier alpha value is -2.62. The molecule has 0 atom stereocenters. The molecule has 0 unspecified atom stereocenters. The topological polar surface area (TPSA) is 50.7 Å². The normalized spacial score (nSPS) is 10.2. The average Bonchev–Trinajstić information content (AvgIpc) is 2.68. The summed E-state index contributed by atoms with van der Waals surface area (Å²) in [7, 11) is 1.54. The SMILES string of the molecule is CCc1ccc(C(=NCCOC(=O)NC)c2ccc(CC)cc2)cc1. The van der Waals surface area contributed by atoms with Gasteiger partial charge in [0.05, 0.1) is 12.3 Å². The molecule has 132 valence electrons. The first kappa shape index (κ1) is 18.7. The molecule has 0 radical (unpaired) electrons. The molecule has 0 bridgehead atoms.